The second-order valence-electron chi connectivity index (χ2n) is 15.3. The maximum Gasteiger partial charge on any atom is 0.408 e. The Morgan fingerprint density at radius 2 is 1.19 bits per heavy atom. The zero-order valence-corrected chi connectivity index (χ0v) is 34.8. The molecule has 2 heterocycles. The Balaban J connectivity index is 1.26. The maximum atomic E-state index is 13.5. The summed E-state index contributed by atoms with van der Waals surface area (Å²) in [4.78, 5) is 51.1. The summed E-state index contributed by atoms with van der Waals surface area (Å²) in [7, 11) is 0. The highest BCUT2D eigenvalue weighted by Gasteiger charge is 2.52. The molecule has 1 saturated carbocycles. The van der Waals surface area contributed by atoms with Crippen molar-refractivity contribution in [3.8, 4) is 0 Å². The molecule has 0 aromatic heterocycles. The number of ether oxygens (including phenoxy) is 7. The SMILES string of the molecule is NC(=O)CCN[C@@H]1C[C@H](NC(=O)OCc2ccccc2)[C@@H](O[C@H]2O[C@H](CNC(=O)OCc3ccccc3)C=C[C@H]2NC(=O)OCc2ccccc2)[C@H](O[C@@H]2O[C@H](CO)[C@@H](O)[C@H]2O)[C@H]1O. The molecular weight excluding hydrogens is 839 g/mol. The van der Waals surface area contributed by atoms with E-state index in [4.69, 9.17) is 38.9 Å². The molecule has 3 aromatic rings. The van der Waals surface area contributed by atoms with Gasteiger partial charge in [0, 0.05) is 19.0 Å². The van der Waals surface area contributed by atoms with Crippen molar-refractivity contribution in [2.45, 2.75) is 106 Å². The first-order valence-electron chi connectivity index (χ1n) is 20.8. The molecule has 0 bridgehead atoms. The summed E-state index contributed by atoms with van der Waals surface area (Å²) in [5.41, 5.74) is 7.57. The van der Waals surface area contributed by atoms with Crippen LogP contribution in [-0.4, -0.2) is 138 Å². The number of rotatable bonds is 19. The molecule has 1 aliphatic carbocycles. The van der Waals surface area contributed by atoms with E-state index < -0.39 is 104 Å². The minimum Gasteiger partial charge on any atom is -0.445 e. The lowest BCUT2D eigenvalue weighted by atomic mass is 9.83. The highest BCUT2D eigenvalue weighted by atomic mass is 16.7. The van der Waals surface area contributed by atoms with Crippen molar-refractivity contribution < 1.29 is 72.8 Å². The van der Waals surface area contributed by atoms with Crippen molar-refractivity contribution in [3.05, 3.63) is 120 Å². The van der Waals surface area contributed by atoms with Crippen molar-refractivity contribution in [3.63, 3.8) is 0 Å². The van der Waals surface area contributed by atoms with Gasteiger partial charge < -0.3 is 80.6 Å². The van der Waals surface area contributed by atoms with E-state index in [1.165, 1.54) is 0 Å². The first-order valence-corrected chi connectivity index (χ1v) is 20.8. The molecule has 12 atom stereocenters. The number of alkyl carbamates (subject to hydrolysis) is 3. The molecule has 1 saturated heterocycles. The molecule has 346 valence electrons. The molecule has 0 unspecified atom stereocenters. The van der Waals surface area contributed by atoms with Gasteiger partial charge in [0.05, 0.1) is 31.4 Å². The standard InChI is InChI=1S/C44H55N5O15/c45-34(51)18-19-46-31-20-32(49-44(57)60-25-28-14-8-3-9-15-28)38(39(35(31)52)64-41-37(54)36(53)33(22-50)62-41)63-40-30(48-43(56)59-24-27-12-6-2-7-13-27)17-16-29(61-40)21-47-42(55)58-23-26-10-4-1-5-11-26/h1-17,29-33,35-41,46,50,52-54H,18-25H2,(H2,45,51)(H,47,55)(H,48,56)(H,49,57)/t29-,30+,31+,32-,33+,35-,36+,37+,38+,39+,40+,41-/m0/s1. The Kier molecular flexibility index (Phi) is 17.8. The van der Waals surface area contributed by atoms with Crippen LogP contribution in [0.5, 0.6) is 0 Å². The molecule has 3 aliphatic rings. The smallest absolute Gasteiger partial charge is 0.408 e. The molecular formula is C44H55N5O15. The zero-order chi connectivity index (χ0) is 45.4. The molecule has 2 aliphatic heterocycles. The lowest BCUT2D eigenvalue weighted by Gasteiger charge is -2.47. The fourth-order valence-electron chi connectivity index (χ4n) is 7.30. The lowest BCUT2D eigenvalue weighted by Crippen LogP contribution is -2.67. The quantitative estimate of drug-likeness (QED) is 0.0588. The van der Waals surface area contributed by atoms with Gasteiger partial charge in [0.15, 0.2) is 12.6 Å². The van der Waals surface area contributed by atoms with Gasteiger partial charge in [-0.3, -0.25) is 4.79 Å². The van der Waals surface area contributed by atoms with Gasteiger partial charge in [0.2, 0.25) is 5.91 Å². The average Bonchev–Trinajstić information content (AvgIpc) is 3.58. The van der Waals surface area contributed by atoms with Crippen molar-refractivity contribution >= 4 is 24.2 Å². The minimum atomic E-state index is -1.70. The van der Waals surface area contributed by atoms with Gasteiger partial charge in [-0.1, -0.05) is 103 Å². The Morgan fingerprint density at radius 3 is 1.73 bits per heavy atom. The molecule has 3 aromatic carbocycles. The molecule has 2 fully saturated rings. The summed E-state index contributed by atoms with van der Waals surface area (Å²) in [5.74, 6) is -0.616. The number of nitrogens with one attached hydrogen (secondary N) is 4. The second-order valence-corrected chi connectivity index (χ2v) is 15.3. The summed E-state index contributed by atoms with van der Waals surface area (Å²) in [6.45, 7) is -0.937. The van der Waals surface area contributed by atoms with Crippen LogP contribution >= 0.6 is 0 Å². The number of primary amides is 1. The molecule has 0 spiro atoms. The van der Waals surface area contributed by atoms with Crippen LogP contribution in [0.3, 0.4) is 0 Å². The fraction of sp³-hybridized carbons (Fsp3) is 0.455. The summed E-state index contributed by atoms with van der Waals surface area (Å²) in [6, 6.07) is 23.8. The van der Waals surface area contributed by atoms with E-state index in [0.717, 1.165) is 11.1 Å². The van der Waals surface area contributed by atoms with Gasteiger partial charge in [-0.2, -0.15) is 0 Å². The third kappa shape index (κ3) is 13.9. The van der Waals surface area contributed by atoms with Crippen molar-refractivity contribution in [2.24, 2.45) is 5.73 Å². The summed E-state index contributed by atoms with van der Waals surface area (Å²) < 4.78 is 41.2. The van der Waals surface area contributed by atoms with E-state index >= 15 is 0 Å². The number of benzene rings is 3. The van der Waals surface area contributed by atoms with E-state index in [9.17, 15) is 39.6 Å². The van der Waals surface area contributed by atoms with Crippen LogP contribution in [0.15, 0.2) is 103 Å². The molecule has 10 N–H and O–H groups in total. The highest BCUT2D eigenvalue weighted by molar-refractivity contribution is 5.73. The maximum absolute atomic E-state index is 13.5. The van der Waals surface area contributed by atoms with E-state index in [1.54, 1.807) is 72.8 Å². The topological polar surface area (TPSA) is 288 Å². The van der Waals surface area contributed by atoms with Crippen molar-refractivity contribution in [1.29, 1.82) is 0 Å². The van der Waals surface area contributed by atoms with Crippen LogP contribution in [0, 0.1) is 0 Å². The van der Waals surface area contributed by atoms with E-state index in [1.807, 2.05) is 30.3 Å². The van der Waals surface area contributed by atoms with Crippen LogP contribution in [0.25, 0.3) is 0 Å². The van der Waals surface area contributed by atoms with Crippen molar-refractivity contribution in [2.75, 3.05) is 19.7 Å². The van der Waals surface area contributed by atoms with Crippen molar-refractivity contribution in [1.82, 2.24) is 21.3 Å². The molecule has 20 heteroatoms. The third-order valence-electron chi connectivity index (χ3n) is 10.6. The summed E-state index contributed by atoms with van der Waals surface area (Å²) in [6.07, 6.45) is -12.5. The van der Waals surface area contributed by atoms with Crippen LogP contribution in [0.4, 0.5) is 14.4 Å². The minimum absolute atomic E-state index is 0.0122. The first-order chi connectivity index (χ1) is 31.0. The Hall–Kier alpha value is -5.68. The highest BCUT2D eigenvalue weighted by Crippen LogP contribution is 2.33. The van der Waals surface area contributed by atoms with Crippen LogP contribution in [0.1, 0.15) is 29.5 Å². The largest absolute Gasteiger partial charge is 0.445 e. The Labute approximate surface area is 368 Å². The predicted molar refractivity (Wildman–Crippen MR) is 223 cm³/mol. The zero-order valence-electron chi connectivity index (χ0n) is 34.8. The van der Waals surface area contributed by atoms with E-state index in [2.05, 4.69) is 21.3 Å². The number of carbonyl (C=O) groups is 4. The predicted octanol–water partition coefficient (Wildman–Crippen LogP) is 0.592. The van der Waals surface area contributed by atoms with Gasteiger partial charge in [-0.25, -0.2) is 14.4 Å². The molecule has 20 nitrogen and oxygen atoms in total. The summed E-state index contributed by atoms with van der Waals surface area (Å²) >= 11 is 0. The second kappa shape index (κ2) is 23.8. The molecule has 0 radical (unpaired) electrons. The average molecular weight is 894 g/mol. The lowest BCUT2D eigenvalue weighted by molar-refractivity contribution is -0.282. The number of aliphatic hydroxyl groups is 4. The third-order valence-corrected chi connectivity index (χ3v) is 10.6. The number of amides is 4. The van der Waals surface area contributed by atoms with Gasteiger partial charge in [0.1, 0.15) is 56.4 Å². The van der Waals surface area contributed by atoms with E-state index in [-0.39, 0.29) is 45.8 Å². The Bertz CT molecular complexity index is 1970. The number of nitrogens with two attached hydrogens (primary N) is 1. The number of carbonyl (C=O) groups excluding carboxylic acids is 4. The number of hydrogen-bond donors (Lipinski definition) is 9. The number of hydrogen-bond acceptors (Lipinski definition) is 16. The number of aliphatic hydroxyl groups excluding tert-OH is 4. The van der Waals surface area contributed by atoms with E-state index in [0.29, 0.717) is 5.56 Å². The Morgan fingerprint density at radius 1 is 0.641 bits per heavy atom. The van der Waals surface area contributed by atoms with Gasteiger partial charge in [0.25, 0.3) is 0 Å². The first kappa shape index (κ1) is 47.8. The monoisotopic (exact) mass is 893 g/mol. The normalized spacial score (nSPS) is 28.7. The van der Waals surface area contributed by atoms with Gasteiger partial charge in [-0.05, 0) is 23.1 Å². The fourth-order valence-corrected chi connectivity index (χ4v) is 7.30. The molecule has 6 rings (SSSR count). The van der Waals surface area contributed by atoms with Crippen LogP contribution < -0.4 is 27.0 Å². The van der Waals surface area contributed by atoms with Crippen LogP contribution in [0.2, 0.25) is 0 Å². The molecule has 4 amide bonds. The van der Waals surface area contributed by atoms with Gasteiger partial charge in [-0.15, -0.1) is 0 Å². The molecule has 64 heavy (non-hydrogen) atoms. The summed E-state index contributed by atoms with van der Waals surface area (Å²) in [5, 5.41) is 54.5. The van der Waals surface area contributed by atoms with Crippen LogP contribution in [-0.2, 0) is 57.8 Å². The van der Waals surface area contributed by atoms with Gasteiger partial charge >= 0.3 is 18.3 Å².